The third kappa shape index (κ3) is 4.09. The Kier molecular flexibility index (Phi) is 5.13. The largest absolute Gasteiger partial charge is 0.207 e. The minimum Gasteiger partial charge on any atom is -0.207 e. The Hall–Kier alpha value is -0.280. The number of rotatable bonds is 3. The third-order valence-electron chi connectivity index (χ3n) is 2.65. The second kappa shape index (κ2) is 6.45. The SMILES string of the molecule is Fc1cc(Br)cc(C(Cl)Cc2ccc(Cl)c(Cl)c2)c1. The van der Waals surface area contributed by atoms with E-state index in [4.69, 9.17) is 34.8 Å². The average molecular weight is 382 g/mol. The average Bonchev–Trinajstić information content (AvgIpc) is 2.32. The summed E-state index contributed by atoms with van der Waals surface area (Å²) in [7, 11) is 0. The molecule has 0 nitrogen and oxygen atoms in total. The molecule has 0 heterocycles. The quantitative estimate of drug-likeness (QED) is 0.538. The fraction of sp³-hybridized carbons (Fsp3) is 0.143. The Bertz CT molecular complexity index is 581. The van der Waals surface area contributed by atoms with Gasteiger partial charge in [-0.05, 0) is 47.9 Å². The number of hydrogen-bond donors (Lipinski definition) is 0. The maximum atomic E-state index is 13.3. The zero-order chi connectivity index (χ0) is 14.0. The molecule has 5 heteroatoms. The molecule has 0 aliphatic heterocycles. The van der Waals surface area contributed by atoms with E-state index < -0.39 is 0 Å². The van der Waals surface area contributed by atoms with Crippen LogP contribution in [0.4, 0.5) is 4.39 Å². The molecule has 0 aliphatic carbocycles. The van der Waals surface area contributed by atoms with E-state index in [0.717, 1.165) is 11.1 Å². The maximum Gasteiger partial charge on any atom is 0.124 e. The molecule has 0 N–H and O–H groups in total. The van der Waals surface area contributed by atoms with Gasteiger partial charge in [-0.15, -0.1) is 11.6 Å². The molecule has 0 saturated heterocycles. The minimum atomic E-state index is -0.329. The van der Waals surface area contributed by atoms with E-state index in [-0.39, 0.29) is 11.2 Å². The van der Waals surface area contributed by atoms with Crippen LogP contribution >= 0.6 is 50.7 Å². The van der Waals surface area contributed by atoms with Crippen molar-refractivity contribution in [1.82, 2.24) is 0 Å². The normalized spacial score (nSPS) is 12.5. The van der Waals surface area contributed by atoms with E-state index >= 15 is 0 Å². The van der Waals surface area contributed by atoms with Gasteiger partial charge >= 0.3 is 0 Å². The zero-order valence-electron chi connectivity index (χ0n) is 9.64. The van der Waals surface area contributed by atoms with Crippen LogP contribution < -0.4 is 0 Å². The molecule has 0 fully saturated rings. The van der Waals surface area contributed by atoms with Crippen molar-refractivity contribution < 1.29 is 4.39 Å². The molecule has 2 rings (SSSR count). The highest BCUT2D eigenvalue weighted by atomic mass is 79.9. The summed E-state index contributed by atoms with van der Waals surface area (Å²) >= 11 is 21.4. The summed E-state index contributed by atoms with van der Waals surface area (Å²) in [5.41, 5.74) is 1.68. The van der Waals surface area contributed by atoms with Gasteiger partial charge in [-0.3, -0.25) is 0 Å². The lowest BCUT2D eigenvalue weighted by Gasteiger charge is -2.11. The van der Waals surface area contributed by atoms with Gasteiger partial charge in [0.2, 0.25) is 0 Å². The van der Waals surface area contributed by atoms with E-state index in [1.54, 1.807) is 18.2 Å². The highest BCUT2D eigenvalue weighted by Crippen LogP contribution is 2.30. The van der Waals surface area contributed by atoms with E-state index in [2.05, 4.69) is 15.9 Å². The highest BCUT2D eigenvalue weighted by Gasteiger charge is 2.12. The lowest BCUT2D eigenvalue weighted by Crippen LogP contribution is -1.97. The summed E-state index contributed by atoms with van der Waals surface area (Å²) < 4.78 is 14.0. The molecule has 2 aromatic rings. The van der Waals surface area contributed by atoms with E-state index in [9.17, 15) is 4.39 Å². The van der Waals surface area contributed by atoms with Gasteiger partial charge in [-0.25, -0.2) is 4.39 Å². The summed E-state index contributed by atoms with van der Waals surface area (Å²) in [6.07, 6.45) is 0.550. The fourth-order valence-corrected chi connectivity index (χ4v) is 2.86. The van der Waals surface area contributed by atoms with Gasteiger partial charge in [0.25, 0.3) is 0 Å². The van der Waals surface area contributed by atoms with Crippen molar-refractivity contribution in [1.29, 1.82) is 0 Å². The second-order valence-electron chi connectivity index (χ2n) is 4.12. The lowest BCUT2D eigenvalue weighted by molar-refractivity contribution is 0.623. The predicted octanol–water partition coefficient (Wildman–Crippen LogP) is 6.42. The second-order valence-corrected chi connectivity index (χ2v) is 6.38. The number of alkyl halides is 1. The Morgan fingerprint density at radius 3 is 2.42 bits per heavy atom. The molecule has 19 heavy (non-hydrogen) atoms. The molecule has 0 spiro atoms. The van der Waals surface area contributed by atoms with Crippen LogP contribution in [0.2, 0.25) is 10.0 Å². The molecule has 1 atom stereocenters. The standard InChI is InChI=1S/C14H9BrCl3F/c15-10-5-9(6-11(19)7-10)13(17)3-8-1-2-12(16)14(18)4-8/h1-2,4-7,13H,3H2. The van der Waals surface area contributed by atoms with Gasteiger partial charge in [0.05, 0.1) is 15.4 Å². The fourth-order valence-electron chi connectivity index (χ4n) is 1.75. The Morgan fingerprint density at radius 1 is 1.05 bits per heavy atom. The summed E-state index contributed by atoms with van der Waals surface area (Å²) in [5.74, 6) is -0.316. The molecule has 2 aromatic carbocycles. The zero-order valence-corrected chi connectivity index (χ0v) is 13.5. The van der Waals surface area contributed by atoms with Gasteiger partial charge in [0, 0.05) is 4.47 Å². The monoisotopic (exact) mass is 380 g/mol. The van der Waals surface area contributed by atoms with Crippen molar-refractivity contribution in [3.05, 3.63) is 67.9 Å². The number of halogens is 5. The van der Waals surface area contributed by atoms with Crippen molar-refractivity contribution in [2.24, 2.45) is 0 Å². The van der Waals surface area contributed by atoms with Crippen LogP contribution in [0.1, 0.15) is 16.5 Å². The Balaban J connectivity index is 2.20. The molecule has 0 bridgehead atoms. The van der Waals surface area contributed by atoms with Crippen molar-refractivity contribution in [2.75, 3.05) is 0 Å². The summed E-state index contributed by atoms with van der Waals surface area (Å²) in [6.45, 7) is 0. The van der Waals surface area contributed by atoms with Crippen LogP contribution in [0.15, 0.2) is 40.9 Å². The molecule has 0 radical (unpaired) electrons. The molecular weight excluding hydrogens is 373 g/mol. The van der Waals surface area contributed by atoms with E-state index in [1.807, 2.05) is 6.07 Å². The van der Waals surface area contributed by atoms with Crippen LogP contribution in [0.5, 0.6) is 0 Å². The molecule has 1 unspecified atom stereocenters. The Labute approximate surface area is 134 Å². The van der Waals surface area contributed by atoms with Crippen molar-refractivity contribution in [2.45, 2.75) is 11.8 Å². The topological polar surface area (TPSA) is 0 Å². The van der Waals surface area contributed by atoms with Crippen LogP contribution in [-0.4, -0.2) is 0 Å². The van der Waals surface area contributed by atoms with Crippen LogP contribution in [0.3, 0.4) is 0 Å². The van der Waals surface area contributed by atoms with Crippen LogP contribution in [0.25, 0.3) is 0 Å². The Morgan fingerprint density at radius 2 is 1.79 bits per heavy atom. The van der Waals surface area contributed by atoms with Crippen LogP contribution in [0, 0.1) is 5.82 Å². The summed E-state index contributed by atoms with van der Waals surface area (Å²) in [5, 5.41) is 0.665. The van der Waals surface area contributed by atoms with Crippen molar-refractivity contribution in [3.63, 3.8) is 0 Å². The molecule has 100 valence electrons. The summed E-state index contributed by atoms with van der Waals surface area (Å²) in [4.78, 5) is 0. The molecule has 0 aliphatic rings. The van der Waals surface area contributed by atoms with Gasteiger partial charge in [-0.2, -0.15) is 0 Å². The van der Waals surface area contributed by atoms with Gasteiger partial charge < -0.3 is 0 Å². The highest BCUT2D eigenvalue weighted by molar-refractivity contribution is 9.10. The number of hydrogen-bond acceptors (Lipinski definition) is 0. The van der Waals surface area contributed by atoms with Gasteiger partial charge in [0.1, 0.15) is 5.82 Å². The molecule has 0 amide bonds. The van der Waals surface area contributed by atoms with E-state index in [0.29, 0.717) is 20.9 Å². The van der Waals surface area contributed by atoms with Crippen LogP contribution in [-0.2, 0) is 6.42 Å². The lowest BCUT2D eigenvalue weighted by atomic mass is 10.0. The van der Waals surface area contributed by atoms with E-state index in [1.165, 1.54) is 12.1 Å². The predicted molar refractivity (Wildman–Crippen MR) is 82.9 cm³/mol. The number of benzene rings is 2. The first-order chi connectivity index (χ1) is 8.95. The van der Waals surface area contributed by atoms with Gasteiger partial charge in [-0.1, -0.05) is 45.2 Å². The molecular formula is C14H9BrCl3F. The maximum absolute atomic E-state index is 13.3. The first kappa shape index (κ1) is 15.1. The first-order valence-corrected chi connectivity index (χ1v) is 7.48. The third-order valence-corrected chi connectivity index (χ3v) is 4.25. The molecule has 0 saturated carbocycles. The first-order valence-electron chi connectivity index (χ1n) is 5.49. The molecule has 0 aromatic heterocycles. The van der Waals surface area contributed by atoms with Crippen molar-refractivity contribution in [3.8, 4) is 0 Å². The van der Waals surface area contributed by atoms with Crippen molar-refractivity contribution >= 4 is 50.7 Å². The van der Waals surface area contributed by atoms with Gasteiger partial charge in [0.15, 0.2) is 0 Å². The minimum absolute atomic E-state index is 0.316. The summed E-state index contributed by atoms with van der Waals surface area (Å²) in [6, 6.07) is 9.99. The smallest absolute Gasteiger partial charge is 0.124 e.